The zero-order chi connectivity index (χ0) is 16.3. The molecule has 2 aromatic rings. The van der Waals surface area contributed by atoms with Crippen LogP contribution < -0.4 is 9.54 Å². The van der Waals surface area contributed by atoms with Gasteiger partial charge in [0.05, 0.1) is 10.6 Å². The van der Waals surface area contributed by atoms with Gasteiger partial charge < -0.3 is 4.74 Å². The van der Waals surface area contributed by atoms with Crippen LogP contribution in [0.3, 0.4) is 0 Å². The van der Waals surface area contributed by atoms with E-state index in [1.807, 2.05) is 38.1 Å². The van der Waals surface area contributed by atoms with Crippen LogP contribution in [0.1, 0.15) is 36.0 Å². The first-order chi connectivity index (χ1) is 10.4. The second-order valence-corrected chi connectivity index (χ2v) is 5.87. The molecule has 0 bridgehead atoms. The third-order valence-electron chi connectivity index (χ3n) is 3.06. The number of esters is 1. The van der Waals surface area contributed by atoms with Gasteiger partial charge in [-0.3, -0.25) is 9.59 Å². The van der Waals surface area contributed by atoms with Crippen molar-refractivity contribution in [3.8, 4) is 5.88 Å². The Labute approximate surface area is 132 Å². The van der Waals surface area contributed by atoms with Crippen LogP contribution in [0.15, 0.2) is 29.3 Å². The molecule has 22 heavy (non-hydrogen) atoms. The first kappa shape index (κ1) is 16.2. The van der Waals surface area contributed by atoms with Gasteiger partial charge >= 0.3 is 5.97 Å². The lowest BCUT2D eigenvalue weighted by molar-refractivity contribution is -0.132. The Bertz CT molecular complexity index is 787. The lowest BCUT2D eigenvalue weighted by Gasteiger charge is -2.05. The largest absolute Gasteiger partial charge is 0.408 e. The van der Waals surface area contributed by atoms with Crippen molar-refractivity contribution < 1.29 is 14.3 Å². The average Bonchev–Trinajstić information content (AvgIpc) is 2.78. The summed E-state index contributed by atoms with van der Waals surface area (Å²) in [7, 11) is 0. The van der Waals surface area contributed by atoms with Crippen LogP contribution >= 0.6 is 11.3 Å². The van der Waals surface area contributed by atoms with Gasteiger partial charge in [0.15, 0.2) is 4.80 Å². The summed E-state index contributed by atoms with van der Waals surface area (Å²) in [6.45, 7) is 6.65. The summed E-state index contributed by atoms with van der Waals surface area (Å²) in [6.07, 6.45) is 0.657. The molecule has 0 aliphatic carbocycles. The van der Waals surface area contributed by atoms with Gasteiger partial charge in [-0.15, -0.1) is 0 Å². The fourth-order valence-electron chi connectivity index (χ4n) is 2.02. The number of hydrogen-bond acceptors (Lipinski definition) is 5. The minimum atomic E-state index is -0.454. The van der Waals surface area contributed by atoms with Crippen molar-refractivity contribution in [3.05, 3.63) is 39.5 Å². The molecule has 0 amide bonds. The maximum Gasteiger partial charge on any atom is 0.309 e. The van der Waals surface area contributed by atoms with Gasteiger partial charge in [0.1, 0.15) is 0 Å². The Hall–Kier alpha value is -2.21. The van der Waals surface area contributed by atoms with E-state index in [2.05, 4.69) is 4.99 Å². The lowest BCUT2D eigenvalue weighted by atomic mass is 10.2. The highest BCUT2D eigenvalue weighted by molar-refractivity contribution is 7.09. The zero-order valence-electron chi connectivity index (χ0n) is 13.0. The van der Waals surface area contributed by atoms with E-state index in [0.29, 0.717) is 11.2 Å². The van der Waals surface area contributed by atoms with Gasteiger partial charge in [0.25, 0.3) is 0 Å². The molecule has 0 atom stereocenters. The number of carbonyl (C=O) groups excluding carboxylic acids is 2. The van der Waals surface area contributed by atoms with E-state index in [0.717, 1.165) is 16.1 Å². The summed E-state index contributed by atoms with van der Waals surface area (Å²) < 4.78 is 6.59. The van der Waals surface area contributed by atoms with Gasteiger partial charge in [-0.1, -0.05) is 36.5 Å². The molecule has 0 fully saturated rings. The molecule has 5 nitrogen and oxygen atoms in total. The zero-order valence-corrected chi connectivity index (χ0v) is 13.9. The Morgan fingerprint density at radius 1 is 1.27 bits per heavy atom. The number of rotatable bonds is 3. The number of ether oxygens (including phenoxy) is 1. The van der Waals surface area contributed by atoms with Gasteiger partial charge in [0.2, 0.25) is 11.8 Å². The van der Waals surface area contributed by atoms with E-state index < -0.39 is 5.97 Å². The van der Waals surface area contributed by atoms with Crippen molar-refractivity contribution >= 4 is 28.9 Å². The summed E-state index contributed by atoms with van der Waals surface area (Å²) in [5, 5.41) is 0. The van der Waals surface area contributed by atoms with Crippen LogP contribution in [0.25, 0.3) is 0 Å². The normalized spacial score (nSPS) is 11.5. The molecular weight excluding hydrogens is 300 g/mol. The molecule has 116 valence electrons. The van der Waals surface area contributed by atoms with Gasteiger partial charge in [-0.25, -0.2) is 9.56 Å². The number of thiazole rings is 1. The highest BCUT2D eigenvalue weighted by Crippen LogP contribution is 2.24. The Balaban J connectivity index is 2.71. The number of nitrogens with zero attached hydrogens (tertiary/aromatic N) is 2. The van der Waals surface area contributed by atoms with Crippen LogP contribution in [0, 0.1) is 6.92 Å². The molecule has 0 saturated heterocycles. The Morgan fingerprint density at radius 3 is 2.50 bits per heavy atom. The summed E-state index contributed by atoms with van der Waals surface area (Å²) in [4.78, 5) is 29.2. The number of aryl methyl sites for hydroxylation is 2. The first-order valence-corrected chi connectivity index (χ1v) is 7.80. The lowest BCUT2D eigenvalue weighted by Crippen LogP contribution is -2.22. The number of benzene rings is 1. The van der Waals surface area contributed by atoms with Crippen molar-refractivity contribution in [1.82, 2.24) is 4.57 Å². The summed E-state index contributed by atoms with van der Waals surface area (Å²) in [5.74, 6) is -0.413. The number of hydrogen-bond donors (Lipinski definition) is 0. The highest BCUT2D eigenvalue weighted by Gasteiger charge is 2.18. The first-order valence-electron chi connectivity index (χ1n) is 6.98. The maximum absolute atomic E-state index is 12.0. The predicted molar refractivity (Wildman–Crippen MR) is 85.7 cm³/mol. The number of para-hydroxylation sites is 1. The van der Waals surface area contributed by atoms with Crippen molar-refractivity contribution in [3.63, 3.8) is 0 Å². The monoisotopic (exact) mass is 318 g/mol. The van der Waals surface area contributed by atoms with Gasteiger partial charge in [-0.05, 0) is 25.0 Å². The third-order valence-corrected chi connectivity index (χ3v) is 4.22. The molecule has 0 radical (unpaired) electrons. The minimum Gasteiger partial charge on any atom is -0.408 e. The van der Waals surface area contributed by atoms with E-state index in [9.17, 15) is 9.59 Å². The third kappa shape index (κ3) is 3.33. The highest BCUT2D eigenvalue weighted by atomic mass is 32.1. The molecule has 0 N–H and O–H groups in total. The summed E-state index contributed by atoms with van der Waals surface area (Å²) in [5.41, 5.74) is 1.80. The maximum atomic E-state index is 12.0. The molecule has 1 heterocycles. The average molecular weight is 318 g/mol. The quantitative estimate of drug-likeness (QED) is 0.816. The predicted octanol–water partition coefficient (Wildman–Crippen LogP) is 3.24. The number of aromatic nitrogens is 1. The van der Waals surface area contributed by atoms with Gasteiger partial charge in [0, 0.05) is 13.8 Å². The molecule has 1 aromatic heterocycles. The summed E-state index contributed by atoms with van der Waals surface area (Å²) >= 11 is 1.36. The van der Waals surface area contributed by atoms with Crippen molar-refractivity contribution in [2.24, 2.45) is 4.99 Å². The van der Waals surface area contributed by atoms with Crippen LogP contribution in [0.4, 0.5) is 5.69 Å². The molecule has 0 unspecified atom stereocenters. The molecule has 0 aliphatic heterocycles. The van der Waals surface area contributed by atoms with Crippen molar-refractivity contribution in [2.45, 2.75) is 34.1 Å². The molecule has 0 aliphatic rings. The van der Waals surface area contributed by atoms with Crippen LogP contribution in [-0.4, -0.2) is 16.4 Å². The topological polar surface area (TPSA) is 60.7 Å². The van der Waals surface area contributed by atoms with E-state index in [1.54, 1.807) is 0 Å². The Morgan fingerprint density at radius 2 is 1.95 bits per heavy atom. The molecule has 6 heteroatoms. The number of carbonyl (C=O) groups is 2. The Kier molecular flexibility index (Phi) is 4.92. The molecular formula is C16H18N2O3S. The summed E-state index contributed by atoms with van der Waals surface area (Å²) in [6, 6.07) is 7.67. The second kappa shape index (κ2) is 6.70. The SMILES string of the molecule is CCc1sc(=Nc2ccccc2C)n(C(C)=O)c1OC(C)=O. The van der Waals surface area contributed by atoms with Crippen LogP contribution in [0.2, 0.25) is 0 Å². The van der Waals surface area contributed by atoms with E-state index in [4.69, 9.17) is 4.74 Å². The van der Waals surface area contributed by atoms with Crippen molar-refractivity contribution in [1.29, 1.82) is 0 Å². The van der Waals surface area contributed by atoms with Crippen molar-refractivity contribution in [2.75, 3.05) is 0 Å². The minimum absolute atomic E-state index is 0.237. The second-order valence-electron chi connectivity index (χ2n) is 4.81. The molecule has 0 spiro atoms. The fraction of sp³-hybridized carbons (Fsp3) is 0.312. The van der Waals surface area contributed by atoms with E-state index >= 15 is 0 Å². The van der Waals surface area contributed by atoms with Crippen LogP contribution in [0.5, 0.6) is 5.88 Å². The van der Waals surface area contributed by atoms with E-state index in [-0.39, 0.29) is 11.8 Å². The fourth-order valence-corrected chi connectivity index (χ4v) is 3.05. The molecule has 2 rings (SSSR count). The molecule has 0 saturated carbocycles. The standard InChI is InChI=1S/C16H18N2O3S/c1-5-14-15(21-12(4)20)18(11(3)19)16(22-14)17-13-9-7-6-8-10(13)2/h6-9H,5H2,1-4H3. The van der Waals surface area contributed by atoms with Crippen LogP contribution in [-0.2, 0) is 11.2 Å². The van der Waals surface area contributed by atoms with E-state index in [1.165, 1.54) is 29.8 Å². The smallest absolute Gasteiger partial charge is 0.309 e. The molecule has 1 aromatic carbocycles. The van der Waals surface area contributed by atoms with Gasteiger partial charge in [-0.2, -0.15) is 0 Å².